The first-order valence-electron chi connectivity index (χ1n) is 9.78. The van der Waals surface area contributed by atoms with Crippen LogP contribution in [0.3, 0.4) is 0 Å². The van der Waals surface area contributed by atoms with Crippen molar-refractivity contribution in [2.45, 2.75) is 25.9 Å². The molecule has 1 aromatic heterocycles. The first kappa shape index (κ1) is 19.2. The van der Waals surface area contributed by atoms with Gasteiger partial charge in [-0.05, 0) is 41.8 Å². The van der Waals surface area contributed by atoms with E-state index in [1.165, 1.54) is 5.56 Å². The van der Waals surface area contributed by atoms with Crippen LogP contribution in [0.2, 0.25) is 0 Å². The van der Waals surface area contributed by atoms with Crippen molar-refractivity contribution in [2.75, 3.05) is 27.9 Å². The standard InChI is InChI=1S/C23H26N2O4/c1-27-19-6-4-5-16-7-10-24(23(16)19)12-9-22(26)25-11-8-17-13-20(28-2)21(29-3)14-18(17)15-25/h4-7,10,13-14H,8-9,11-12,15H2,1-3H3. The number of ether oxygens (including phenoxy) is 3. The number of carbonyl (C=O) groups excluding carboxylic acids is 1. The molecule has 6 nitrogen and oxygen atoms in total. The van der Waals surface area contributed by atoms with E-state index in [1.807, 2.05) is 35.4 Å². The Kier molecular flexibility index (Phi) is 5.34. The van der Waals surface area contributed by atoms with Gasteiger partial charge in [-0.1, -0.05) is 12.1 Å². The van der Waals surface area contributed by atoms with Crippen molar-refractivity contribution in [3.63, 3.8) is 0 Å². The van der Waals surface area contributed by atoms with E-state index in [9.17, 15) is 4.79 Å². The number of aromatic nitrogens is 1. The van der Waals surface area contributed by atoms with Crippen molar-refractivity contribution >= 4 is 16.8 Å². The number of para-hydroxylation sites is 1. The third-order valence-electron chi connectivity index (χ3n) is 5.61. The van der Waals surface area contributed by atoms with Crippen LogP contribution in [-0.4, -0.2) is 43.2 Å². The number of hydrogen-bond donors (Lipinski definition) is 0. The summed E-state index contributed by atoms with van der Waals surface area (Å²) in [6, 6.07) is 12.0. The Bertz CT molecular complexity index is 1040. The zero-order valence-electron chi connectivity index (χ0n) is 17.1. The van der Waals surface area contributed by atoms with Crippen LogP contribution < -0.4 is 14.2 Å². The van der Waals surface area contributed by atoms with Gasteiger partial charge in [0.1, 0.15) is 5.75 Å². The third-order valence-corrected chi connectivity index (χ3v) is 5.61. The van der Waals surface area contributed by atoms with Crippen molar-refractivity contribution in [1.29, 1.82) is 0 Å². The van der Waals surface area contributed by atoms with Crippen molar-refractivity contribution in [2.24, 2.45) is 0 Å². The topological polar surface area (TPSA) is 52.9 Å². The monoisotopic (exact) mass is 394 g/mol. The number of amides is 1. The summed E-state index contributed by atoms with van der Waals surface area (Å²) in [5, 5.41) is 1.12. The maximum Gasteiger partial charge on any atom is 0.224 e. The van der Waals surface area contributed by atoms with Crippen molar-refractivity contribution in [3.8, 4) is 17.2 Å². The normalized spacial score (nSPS) is 13.3. The first-order chi connectivity index (χ1) is 14.1. The highest BCUT2D eigenvalue weighted by molar-refractivity contribution is 5.86. The van der Waals surface area contributed by atoms with Crippen LogP contribution in [0.15, 0.2) is 42.6 Å². The molecular formula is C23H26N2O4. The van der Waals surface area contributed by atoms with Crippen molar-refractivity contribution in [3.05, 3.63) is 53.7 Å². The molecule has 0 radical (unpaired) electrons. The molecule has 29 heavy (non-hydrogen) atoms. The van der Waals surface area contributed by atoms with Gasteiger partial charge in [0.2, 0.25) is 5.91 Å². The van der Waals surface area contributed by atoms with Gasteiger partial charge >= 0.3 is 0 Å². The highest BCUT2D eigenvalue weighted by Crippen LogP contribution is 2.33. The lowest BCUT2D eigenvalue weighted by atomic mass is 9.98. The molecule has 2 heterocycles. The maximum atomic E-state index is 12.9. The van der Waals surface area contributed by atoms with Gasteiger partial charge in [0.25, 0.3) is 0 Å². The van der Waals surface area contributed by atoms with Gasteiger partial charge in [0.05, 0.1) is 26.8 Å². The molecule has 0 unspecified atom stereocenters. The number of nitrogens with zero attached hydrogens (tertiary/aromatic N) is 2. The third kappa shape index (κ3) is 3.62. The lowest BCUT2D eigenvalue weighted by Crippen LogP contribution is -2.36. The van der Waals surface area contributed by atoms with Crippen LogP contribution in [0.25, 0.3) is 10.9 Å². The molecule has 3 aromatic rings. The van der Waals surface area contributed by atoms with Crippen molar-refractivity contribution in [1.82, 2.24) is 9.47 Å². The van der Waals surface area contributed by atoms with Crippen LogP contribution in [-0.2, 0) is 24.3 Å². The van der Waals surface area contributed by atoms with E-state index in [0.29, 0.717) is 25.3 Å². The quantitative estimate of drug-likeness (QED) is 0.641. The maximum absolute atomic E-state index is 12.9. The number of fused-ring (bicyclic) bond motifs is 2. The molecule has 0 N–H and O–H groups in total. The van der Waals surface area contributed by atoms with Crippen molar-refractivity contribution < 1.29 is 19.0 Å². The second-order valence-electron chi connectivity index (χ2n) is 7.20. The van der Waals surface area contributed by atoms with Crippen LogP contribution in [0.4, 0.5) is 0 Å². The summed E-state index contributed by atoms with van der Waals surface area (Å²) in [6.45, 7) is 1.94. The Hall–Kier alpha value is -3.15. The van der Waals surface area contributed by atoms with E-state index in [1.54, 1.807) is 21.3 Å². The molecule has 2 aromatic carbocycles. The SMILES string of the molecule is COc1cc2c(cc1OC)CN(C(=O)CCn1ccc3cccc(OC)c31)CC2. The van der Waals surface area contributed by atoms with E-state index >= 15 is 0 Å². The smallest absolute Gasteiger partial charge is 0.224 e. The van der Waals surface area contributed by atoms with Crippen LogP contribution in [0, 0.1) is 0 Å². The lowest BCUT2D eigenvalue weighted by Gasteiger charge is -2.30. The number of aryl methyl sites for hydroxylation is 1. The van der Waals surface area contributed by atoms with E-state index in [-0.39, 0.29) is 5.91 Å². The summed E-state index contributed by atoms with van der Waals surface area (Å²) < 4.78 is 18.4. The van der Waals surface area contributed by atoms with E-state index in [4.69, 9.17) is 14.2 Å². The zero-order valence-corrected chi connectivity index (χ0v) is 17.1. The van der Waals surface area contributed by atoms with Crippen LogP contribution >= 0.6 is 0 Å². The molecule has 0 aliphatic carbocycles. The van der Waals surface area contributed by atoms with Gasteiger partial charge in [-0.3, -0.25) is 4.79 Å². The fourth-order valence-electron chi connectivity index (χ4n) is 4.05. The molecule has 1 aliphatic rings. The van der Waals surface area contributed by atoms with E-state index < -0.39 is 0 Å². The molecule has 1 amide bonds. The number of carbonyl (C=O) groups is 1. The number of hydrogen-bond acceptors (Lipinski definition) is 4. The number of rotatable bonds is 6. The van der Waals surface area contributed by atoms with Gasteiger partial charge in [-0.2, -0.15) is 0 Å². The summed E-state index contributed by atoms with van der Waals surface area (Å²) >= 11 is 0. The van der Waals surface area contributed by atoms with Gasteiger partial charge < -0.3 is 23.7 Å². The Morgan fingerprint density at radius 1 is 0.966 bits per heavy atom. The lowest BCUT2D eigenvalue weighted by molar-refractivity contribution is -0.132. The molecule has 0 atom stereocenters. The molecule has 4 rings (SSSR count). The summed E-state index contributed by atoms with van der Waals surface area (Å²) in [5.74, 6) is 2.42. The molecule has 0 fully saturated rings. The summed E-state index contributed by atoms with van der Waals surface area (Å²) in [5.41, 5.74) is 3.37. The Balaban J connectivity index is 1.47. The Morgan fingerprint density at radius 3 is 2.41 bits per heavy atom. The molecular weight excluding hydrogens is 368 g/mol. The van der Waals surface area contributed by atoms with Gasteiger partial charge in [-0.25, -0.2) is 0 Å². The number of methoxy groups -OCH3 is 3. The second kappa shape index (κ2) is 8.07. The molecule has 0 spiro atoms. The van der Waals surface area contributed by atoms with E-state index in [2.05, 4.69) is 16.7 Å². The fraction of sp³-hybridized carbons (Fsp3) is 0.348. The molecule has 0 saturated carbocycles. The van der Waals surface area contributed by atoms with Crippen LogP contribution in [0.1, 0.15) is 17.5 Å². The highest BCUT2D eigenvalue weighted by atomic mass is 16.5. The molecule has 0 saturated heterocycles. The zero-order chi connectivity index (χ0) is 20.4. The summed E-state index contributed by atoms with van der Waals surface area (Å²) in [7, 11) is 4.94. The fourth-order valence-corrected chi connectivity index (χ4v) is 4.05. The average molecular weight is 394 g/mol. The largest absolute Gasteiger partial charge is 0.495 e. The Morgan fingerprint density at radius 2 is 1.69 bits per heavy atom. The van der Waals surface area contributed by atoms with Gasteiger partial charge in [-0.15, -0.1) is 0 Å². The molecule has 0 bridgehead atoms. The molecule has 6 heteroatoms. The Labute approximate surface area is 170 Å². The highest BCUT2D eigenvalue weighted by Gasteiger charge is 2.23. The first-order valence-corrected chi connectivity index (χ1v) is 9.78. The molecule has 1 aliphatic heterocycles. The predicted octanol–water partition coefficient (Wildman–Crippen LogP) is 3.64. The summed E-state index contributed by atoms with van der Waals surface area (Å²) in [6.07, 6.45) is 3.29. The summed E-state index contributed by atoms with van der Waals surface area (Å²) in [4.78, 5) is 14.8. The van der Waals surface area contributed by atoms with Gasteiger partial charge in [0.15, 0.2) is 11.5 Å². The minimum Gasteiger partial charge on any atom is -0.495 e. The predicted molar refractivity (Wildman–Crippen MR) is 112 cm³/mol. The average Bonchev–Trinajstić information content (AvgIpc) is 3.19. The van der Waals surface area contributed by atoms with Crippen LogP contribution in [0.5, 0.6) is 17.2 Å². The van der Waals surface area contributed by atoms with E-state index in [0.717, 1.165) is 40.9 Å². The molecule has 152 valence electrons. The minimum absolute atomic E-state index is 0.155. The van der Waals surface area contributed by atoms with Gasteiger partial charge in [0, 0.05) is 37.6 Å². The number of benzene rings is 2. The minimum atomic E-state index is 0.155. The second-order valence-corrected chi connectivity index (χ2v) is 7.20.